The Morgan fingerprint density at radius 2 is 0.696 bits per heavy atom. The van der Waals surface area contributed by atoms with Gasteiger partial charge in [0.05, 0.1) is 97.3 Å². The molecule has 12 rings (SSSR count). The van der Waals surface area contributed by atoms with Gasteiger partial charge in [-0.1, -0.05) is 59.9 Å². The van der Waals surface area contributed by atoms with Crippen molar-refractivity contribution in [2.24, 2.45) is 0 Å². The molecule has 0 aliphatic heterocycles. The number of aromatic nitrogens is 8. The van der Waals surface area contributed by atoms with E-state index in [4.69, 9.17) is 28.0 Å². The van der Waals surface area contributed by atoms with E-state index in [9.17, 15) is 55.4 Å². The van der Waals surface area contributed by atoms with Crippen molar-refractivity contribution in [3.63, 3.8) is 0 Å². The molecule has 3 radical (unpaired) electrons. The van der Waals surface area contributed by atoms with Crippen molar-refractivity contribution in [2.45, 2.75) is 180 Å². The summed E-state index contributed by atoms with van der Waals surface area (Å²) in [7, 11) is 3.58. The third kappa shape index (κ3) is 26.6. The molecule has 4 heterocycles. The molecular weight excluding hydrogens is 1460 g/mol. The SMILES string of the molecule is C.C.CCN(CC)CC.COC(=O)c1ccc(-c2nc(C3CCC(=O)CC3)cnc2N)cc1F.COC(=O)c1ccc(-c2nc(C3CCC(F)CC3)cnc2N)cc1F.COC(=O)c1ccc(-c2nc(C3CCC(O)CC3)cnc2N)cc1F.Nc1ncc(C2CCC(F)CC2)nc1-c1ccc(C(=O)O)c(F)c1.[B].[H-].[Li+].[Na+].[OH-]. The van der Waals surface area contributed by atoms with Crippen LogP contribution in [0.1, 0.15) is 228 Å². The van der Waals surface area contributed by atoms with Crippen molar-refractivity contribution in [1.29, 1.82) is 0 Å². The molecular formula is C79H99BF6LiN13NaO11. The molecule has 0 atom stereocenters. The zero-order valence-corrected chi connectivity index (χ0v) is 65.0. The smallest absolute Gasteiger partial charge is 1.00 e. The molecule has 112 heavy (non-hydrogen) atoms. The van der Waals surface area contributed by atoms with E-state index in [0.717, 1.165) is 61.7 Å². The third-order valence-corrected chi connectivity index (χ3v) is 19.3. The molecule has 0 amide bonds. The predicted molar refractivity (Wildman–Crippen MR) is 410 cm³/mol. The molecule has 0 spiro atoms. The molecule has 0 unspecified atom stereocenters. The summed E-state index contributed by atoms with van der Waals surface area (Å²) in [6.07, 6.45) is 15.1. The van der Waals surface area contributed by atoms with Gasteiger partial charge >= 0.3 is 72.3 Å². The van der Waals surface area contributed by atoms with Gasteiger partial charge in [-0.2, -0.15) is 0 Å². The number of Topliss-reactive ketones (excluding diaryl/α,β-unsaturated/α-hetero) is 1. The summed E-state index contributed by atoms with van der Waals surface area (Å²) in [5, 5.41) is 18.5. The molecule has 33 heteroatoms. The number of alkyl halides is 2. The molecule has 24 nitrogen and oxygen atoms in total. The molecule has 0 saturated heterocycles. The summed E-state index contributed by atoms with van der Waals surface area (Å²) < 4.78 is 96.7. The number of aliphatic hydroxyl groups is 1. The summed E-state index contributed by atoms with van der Waals surface area (Å²) in [6, 6.07) is 16.0. The van der Waals surface area contributed by atoms with E-state index in [2.05, 4.69) is 79.8 Å². The van der Waals surface area contributed by atoms with Crippen LogP contribution in [-0.4, -0.2) is 158 Å². The summed E-state index contributed by atoms with van der Waals surface area (Å²) in [4.78, 5) is 93.9. The van der Waals surface area contributed by atoms with Crippen molar-refractivity contribution in [3.05, 3.63) is 166 Å². The number of ether oxygens (including phenoxy) is 3. The number of aromatic carboxylic acids is 1. The van der Waals surface area contributed by atoms with Crippen LogP contribution in [0, 0.1) is 23.3 Å². The van der Waals surface area contributed by atoms with Crippen molar-refractivity contribution in [1.82, 2.24) is 44.8 Å². The van der Waals surface area contributed by atoms with Gasteiger partial charge in [-0.3, -0.25) is 4.79 Å². The van der Waals surface area contributed by atoms with E-state index in [0.29, 0.717) is 115 Å². The maximum Gasteiger partial charge on any atom is 1.00 e. The number of methoxy groups -OCH3 is 3. The number of carboxylic acid groups (broad SMARTS) is 1. The summed E-state index contributed by atoms with van der Waals surface area (Å²) in [5.41, 5.74) is 28.8. The molecule has 4 saturated carbocycles. The van der Waals surface area contributed by atoms with Gasteiger partial charge in [0.15, 0.2) is 0 Å². The van der Waals surface area contributed by atoms with Crippen LogP contribution in [0.4, 0.5) is 49.6 Å². The quantitative estimate of drug-likeness (QED) is 0.0241. The Morgan fingerprint density at radius 1 is 0.455 bits per heavy atom. The van der Waals surface area contributed by atoms with E-state index < -0.39 is 65.1 Å². The molecule has 4 aliphatic carbocycles. The molecule has 4 aromatic carbocycles. The van der Waals surface area contributed by atoms with Gasteiger partial charge < -0.3 is 59.2 Å². The molecule has 4 aliphatic rings. The average Bonchev–Trinajstić information content (AvgIpc) is 0.818. The van der Waals surface area contributed by atoms with Gasteiger partial charge in [-0.15, -0.1) is 0 Å². The Kier molecular flexibility index (Phi) is 42.1. The first-order chi connectivity index (χ1) is 50.8. The minimum atomic E-state index is -1.34. The minimum Gasteiger partial charge on any atom is -1.00 e. The molecule has 11 N–H and O–H groups in total. The first kappa shape index (κ1) is 99.1. The van der Waals surface area contributed by atoms with Crippen molar-refractivity contribution in [2.75, 3.05) is 63.9 Å². The van der Waals surface area contributed by atoms with Crippen LogP contribution in [0.3, 0.4) is 0 Å². The van der Waals surface area contributed by atoms with Crippen LogP contribution in [0.15, 0.2) is 97.6 Å². The first-order valence-corrected chi connectivity index (χ1v) is 35.2. The van der Waals surface area contributed by atoms with Gasteiger partial charge in [-0.05, 0) is 158 Å². The molecule has 0 bridgehead atoms. The van der Waals surface area contributed by atoms with Crippen LogP contribution < -0.4 is 71.4 Å². The number of nitrogen functional groups attached to an aromatic ring is 4. The number of carbonyl (C=O) groups excluding carboxylic acids is 4. The second kappa shape index (κ2) is 47.6. The van der Waals surface area contributed by atoms with Crippen molar-refractivity contribution >= 4 is 61.3 Å². The van der Waals surface area contributed by atoms with E-state index in [1.165, 1.54) is 89.5 Å². The maximum atomic E-state index is 14.2. The second-order valence-corrected chi connectivity index (χ2v) is 26.0. The molecule has 593 valence electrons. The van der Waals surface area contributed by atoms with Crippen molar-refractivity contribution in [3.8, 4) is 45.0 Å². The van der Waals surface area contributed by atoms with E-state index >= 15 is 0 Å². The summed E-state index contributed by atoms with van der Waals surface area (Å²) >= 11 is 0. The number of benzene rings is 4. The normalized spacial score (nSPS) is 17.5. The molecule has 4 fully saturated rings. The van der Waals surface area contributed by atoms with Gasteiger partial charge in [0.2, 0.25) is 0 Å². The van der Waals surface area contributed by atoms with Gasteiger partial charge in [-0.25, -0.2) is 85.4 Å². The van der Waals surface area contributed by atoms with E-state index in [-0.39, 0.29) is 154 Å². The van der Waals surface area contributed by atoms with E-state index in [1.54, 1.807) is 43.0 Å². The number of halogens is 6. The second-order valence-electron chi connectivity index (χ2n) is 26.0. The fraction of sp³-hybridized carbons (Fsp3) is 0.430. The number of hydrogen-bond donors (Lipinski definition) is 6. The number of nitrogens with zero attached hydrogens (tertiary/aromatic N) is 9. The largest absolute Gasteiger partial charge is 1.00 e. The Labute approximate surface area is 687 Å². The minimum absolute atomic E-state index is 0. The third-order valence-electron chi connectivity index (χ3n) is 19.3. The summed E-state index contributed by atoms with van der Waals surface area (Å²) in [5.74, 6) is -5.02. The zero-order chi connectivity index (χ0) is 76.9. The zero-order valence-electron chi connectivity index (χ0n) is 64.0. The average molecular weight is 1560 g/mol. The fourth-order valence-electron chi connectivity index (χ4n) is 12.9. The number of ketones is 1. The number of esters is 3. The standard InChI is InChI=1S/C18H19F2N3O2.C18H20FN3O3.C18H18FN3O3.C17H17F2N3O2.C6H15N.2CH4.B.Li.Na.H2O.H/c1-25-18(24)13-7-4-11(8-14(13)20)16-17(21)22-9-15(23-16)10-2-5-12(19)6-3-10;2*1-25-18(24)13-7-4-11(8-14(13)19)16-17(20)21-9-15(22-16)10-2-5-12(23)6-3-10;18-11-4-1-9(2-5-11)14-8-21-16(20)15(22-14)10-3-6-12(17(23)24)13(19)7-10;1-4-7(5-2)6-3;;;;;;;/h4,7-10,12H,2-3,5-6H2,1H3,(H2,21,22);4,7-10,12,23H,2-3,5-6H2,1H3,(H2,20,21);4,7-10H,2-3,5-6H2,1H3,(H2,20,21);3,6-9,11H,1-2,4-5H2,(H2,20,21)(H,23,24);4-6H2,1-3H3;2*1H4;;;;1H2;/q;;;;;;;;2*+1;;-1/p-1. The van der Waals surface area contributed by atoms with Crippen LogP contribution >= 0.6 is 0 Å². The fourth-order valence-corrected chi connectivity index (χ4v) is 12.9. The van der Waals surface area contributed by atoms with Gasteiger partial charge in [0, 0.05) is 67.2 Å². The Morgan fingerprint density at radius 3 is 0.920 bits per heavy atom. The number of nitrogens with two attached hydrogens (primary N) is 4. The number of anilines is 4. The van der Waals surface area contributed by atoms with Crippen LogP contribution in [-0.2, 0) is 19.0 Å². The van der Waals surface area contributed by atoms with Gasteiger partial charge in [0.1, 0.15) is 87.4 Å². The number of hydrogen-bond acceptors (Lipinski definition) is 23. The van der Waals surface area contributed by atoms with Crippen LogP contribution in [0.2, 0.25) is 0 Å². The Bertz CT molecular complexity index is 4270. The summed E-state index contributed by atoms with van der Waals surface area (Å²) in [6.45, 7) is 10.1. The number of carbonyl (C=O) groups is 5. The maximum absolute atomic E-state index is 14.2. The number of carboxylic acids is 1. The monoisotopic (exact) mass is 1560 g/mol. The Hall–Kier alpha value is -8.93. The van der Waals surface area contributed by atoms with Crippen LogP contribution in [0.25, 0.3) is 45.0 Å². The van der Waals surface area contributed by atoms with Gasteiger partial charge in [0.25, 0.3) is 0 Å². The number of rotatable bonds is 15. The van der Waals surface area contributed by atoms with Crippen molar-refractivity contribution < 1.29 is 130 Å². The van der Waals surface area contributed by atoms with E-state index in [1.807, 2.05) is 0 Å². The predicted octanol–water partition coefficient (Wildman–Crippen LogP) is 8.94. The molecule has 4 aromatic heterocycles. The topological polar surface area (TPSA) is 394 Å². The Balaban J connectivity index is 0.000000717. The molecule has 8 aromatic rings. The first-order valence-electron chi connectivity index (χ1n) is 35.2. The van der Waals surface area contributed by atoms with Crippen LogP contribution in [0.5, 0.6) is 0 Å². The number of aliphatic hydroxyl groups excluding tert-OH is 1.